The third-order valence-electron chi connectivity index (χ3n) is 7.27. The van der Waals surface area contributed by atoms with Crippen molar-refractivity contribution in [2.45, 2.75) is 89.3 Å². The molecule has 4 N–H and O–H groups in total. The van der Waals surface area contributed by atoms with Gasteiger partial charge >= 0.3 is 5.97 Å². The first-order chi connectivity index (χ1) is 16.6. The molecule has 2 fully saturated rings. The Morgan fingerprint density at radius 2 is 2.00 bits per heavy atom. The second-order valence-electron chi connectivity index (χ2n) is 9.83. The maximum atomic E-state index is 16.0. The molecule has 1 aliphatic heterocycles. The number of aliphatic hydroxyl groups is 1. The van der Waals surface area contributed by atoms with Crippen molar-refractivity contribution in [3.05, 3.63) is 6.33 Å². The third-order valence-corrected chi connectivity index (χ3v) is 7.27. The molecule has 0 spiro atoms. The van der Waals surface area contributed by atoms with Crippen molar-refractivity contribution in [3.8, 4) is 0 Å². The smallest absolute Gasteiger partial charge is 0.303 e. The van der Waals surface area contributed by atoms with Crippen molar-refractivity contribution < 1.29 is 28.9 Å². The Labute approximate surface area is 202 Å². The molecule has 1 aliphatic carbocycles. The van der Waals surface area contributed by atoms with Gasteiger partial charge in [-0.25, -0.2) is 9.37 Å². The highest BCUT2D eigenvalue weighted by Crippen LogP contribution is 2.50. The molecule has 1 saturated heterocycles. The lowest BCUT2D eigenvalue weighted by molar-refractivity contribution is -0.141. The Bertz CT molecular complexity index is 1100. The number of carboxylic acid groups (broad SMARTS) is 1. The van der Waals surface area contributed by atoms with Gasteiger partial charge in [-0.15, -0.1) is 0 Å². The zero-order valence-corrected chi connectivity index (χ0v) is 20.3. The number of carbonyl (C=O) groups is 2. The molecule has 35 heavy (non-hydrogen) atoms. The van der Waals surface area contributed by atoms with Crippen LogP contribution in [0.15, 0.2) is 6.33 Å². The summed E-state index contributed by atoms with van der Waals surface area (Å²) in [7, 11) is 1.64. The second kappa shape index (κ2) is 9.65. The highest BCUT2D eigenvalue weighted by molar-refractivity contribution is 5.91. The molecule has 1 amide bonds. The molecular formula is C23H33FN6O5. The fraction of sp³-hybridized carbons (Fsp3) is 0.696. The topological polar surface area (TPSA) is 151 Å². The van der Waals surface area contributed by atoms with Gasteiger partial charge in [-0.3, -0.25) is 19.5 Å². The maximum Gasteiger partial charge on any atom is 0.303 e. The minimum atomic E-state index is -2.20. The van der Waals surface area contributed by atoms with E-state index in [-0.39, 0.29) is 36.8 Å². The normalized spacial score (nSPS) is 28.2. The second-order valence-corrected chi connectivity index (χ2v) is 9.83. The summed E-state index contributed by atoms with van der Waals surface area (Å²) in [5, 5.41) is 26.0. The molecule has 0 unspecified atom stereocenters. The number of ether oxygens (including phenoxy) is 1. The summed E-state index contributed by atoms with van der Waals surface area (Å²) >= 11 is 0. The lowest BCUT2D eigenvalue weighted by Crippen LogP contribution is -2.42. The first-order valence-electron chi connectivity index (χ1n) is 12.1. The number of imidazole rings is 1. The lowest BCUT2D eigenvalue weighted by atomic mass is 9.68. The van der Waals surface area contributed by atoms with Gasteiger partial charge in [0, 0.05) is 13.5 Å². The van der Waals surface area contributed by atoms with E-state index < -0.39 is 35.5 Å². The number of rotatable bonds is 8. The van der Waals surface area contributed by atoms with E-state index in [9.17, 15) is 19.8 Å². The molecule has 2 aliphatic rings. The SMILES string of the molecule is CCC(=O)Nc1nc(NC)c2ncn([C@@H]3O[C@H](CC4(CC(=O)O)CCCCC4)[C@@H](O)[C@@]3(C)F)c2n1. The van der Waals surface area contributed by atoms with E-state index in [1.165, 1.54) is 17.8 Å². The van der Waals surface area contributed by atoms with Crippen LogP contribution in [-0.2, 0) is 14.3 Å². The minimum absolute atomic E-state index is 0.0359. The Balaban J connectivity index is 1.68. The molecule has 4 atom stereocenters. The van der Waals surface area contributed by atoms with Gasteiger partial charge in [-0.05, 0) is 31.6 Å². The molecular weight excluding hydrogens is 459 g/mol. The first kappa shape index (κ1) is 25.2. The fourth-order valence-electron chi connectivity index (χ4n) is 5.41. The number of halogens is 1. The van der Waals surface area contributed by atoms with Crippen molar-refractivity contribution in [1.29, 1.82) is 0 Å². The van der Waals surface area contributed by atoms with Crippen LogP contribution in [0.5, 0.6) is 0 Å². The van der Waals surface area contributed by atoms with E-state index >= 15 is 4.39 Å². The molecule has 4 rings (SSSR count). The highest BCUT2D eigenvalue weighted by atomic mass is 19.1. The van der Waals surface area contributed by atoms with E-state index in [4.69, 9.17) is 4.74 Å². The van der Waals surface area contributed by atoms with Crippen molar-refractivity contribution in [3.63, 3.8) is 0 Å². The largest absolute Gasteiger partial charge is 0.481 e. The molecule has 0 radical (unpaired) electrons. The Kier molecular flexibility index (Phi) is 6.96. The number of hydrogen-bond acceptors (Lipinski definition) is 8. The Hall–Kier alpha value is -2.86. The summed E-state index contributed by atoms with van der Waals surface area (Å²) < 4.78 is 23.5. The van der Waals surface area contributed by atoms with E-state index in [0.717, 1.165) is 19.3 Å². The fourth-order valence-corrected chi connectivity index (χ4v) is 5.41. The number of amides is 1. The molecule has 3 heterocycles. The van der Waals surface area contributed by atoms with Gasteiger partial charge in [0.05, 0.1) is 18.9 Å². The molecule has 1 saturated carbocycles. The number of aliphatic carboxylic acids is 1. The summed E-state index contributed by atoms with van der Waals surface area (Å²) in [4.78, 5) is 36.4. The number of nitrogens with one attached hydrogen (secondary N) is 2. The van der Waals surface area contributed by atoms with Gasteiger partial charge < -0.3 is 20.3 Å². The minimum Gasteiger partial charge on any atom is -0.481 e. The Morgan fingerprint density at radius 1 is 1.29 bits per heavy atom. The number of nitrogens with zero attached hydrogens (tertiary/aromatic N) is 4. The molecule has 0 bridgehead atoms. The number of aromatic nitrogens is 4. The summed E-state index contributed by atoms with van der Waals surface area (Å²) in [5.41, 5.74) is -2.16. The van der Waals surface area contributed by atoms with E-state index in [1.54, 1.807) is 14.0 Å². The Morgan fingerprint density at radius 3 is 2.63 bits per heavy atom. The summed E-state index contributed by atoms with van der Waals surface area (Å²) in [6.07, 6.45) is 2.42. The van der Waals surface area contributed by atoms with Crippen molar-refractivity contribution in [1.82, 2.24) is 19.5 Å². The number of carbonyl (C=O) groups excluding carboxylic acids is 1. The van der Waals surface area contributed by atoms with E-state index in [0.29, 0.717) is 24.2 Å². The first-order valence-corrected chi connectivity index (χ1v) is 12.1. The maximum absolute atomic E-state index is 16.0. The molecule has 2 aromatic heterocycles. The lowest BCUT2D eigenvalue weighted by Gasteiger charge is -2.38. The number of carboxylic acids is 1. The van der Waals surface area contributed by atoms with Crippen LogP contribution in [-0.4, -0.2) is 66.5 Å². The van der Waals surface area contributed by atoms with Gasteiger partial charge in [0.2, 0.25) is 11.9 Å². The van der Waals surface area contributed by atoms with Crippen LogP contribution in [0, 0.1) is 5.41 Å². The van der Waals surface area contributed by atoms with Crippen LogP contribution >= 0.6 is 0 Å². The average molecular weight is 493 g/mol. The number of anilines is 2. The van der Waals surface area contributed by atoms with Gasteiger partial charge in [0.1, 0.15) is 6.10 Å². The van der Waals surface area contributed by atoms with Crippen LogP contribution in [0.25, 0.3) is 11.2 Å². The van der Waals surface area contributed by atoms with E-state index in [1.807, 2.05) is 0 Å². The van der Waals surface area contributed by atoms with Crippen LogP contribution in [0.4, 0.5) is 16.2 Å². The van der Waals surface area contributed by atoms with Crippen molar-refractivity contribution in [2.24, 2.45) is 5.41 Å². The van der Waals surface area contributed by atoms with Gasteiger partial charge in [0.25, 0.3) is 0 Å². The quantitative estimate of drug-likeness (QED) is 0.436. The molecule has 0 aromatic carbocycles. The van der Waals surface area contributed by atoms with E-state index in [2.05, 4.69) is 25.6 Å². The van der Waals surface area contributed by atoms with Crippen LogP contribution in [0.3, 0.4) is 0 Å². The molecule has 11 nitrogen and oxygen atoms in total. The number of hydrogen-bond donors (Lipinski definition) is 4. The molecule has 12 heteroatoms. The summed E-state index contributed by atoms with van der Waals surface area (Å²) in [6.45, 7) is 2.96. The molecule has 2 aromatic rings. The zero-order valence-electron chi connectivity index (χ0n) is 20.3. The number of aliphatic hydroxyl groups excluding tert-OH is 1. The van der Waals surface area contributed by atoms with Crippen LogP contribution in [0.2, 0.25) is 0 Å². The predicted molar refractivity (Wildman–Crippen MR) is 126 cm³/mol. The highest BCUT2D eigenvalue weighted by Gasteiger charge is 2.57. The van der Waals surface area contributed by atoms with Gasteiger partial charge in [-0.2, -0.15) is 9.97 Å². The predicted octanol–water partition coefficient (Wildman–Crippen LogP) is 3.02. The van der Waals surface area contributed by atoms with Crippen molar-refractivity contribution in [2.75, 3.05) is 17.7 Å². The third kappa shape index (κ3) is 4.81. The van der Waals surface area contributed by atoms with Crippen LogP contribution in [0.1, 0.15) is 71.4 Å². The summed E-state index contributed by atoms with van der Waals surface area (Å²) in [5.74, 6) is -0.804. The van der Waals surface area contributed by atoms with Gasteiger partial charge in [-0.1, -0.05) is 26.2 Å². The standard InChI is InChI=1S/C23H33FN6O5/c1-4-14(31)27-21-28-18(25-3)16-19(29-21)30(12-26-16)20-22(2,24)17(34)13(35-20)10-23(11-15(32)33)8-6-5-7-9-23/h12-13,17,20,34H,4-11H2,1-3H3,(H,32,33)(H2,25,27,28,29,31)/t13-,17-,20-,22-/m1/s1. The zero-order chi connectivity index (χ0) is 25.4. The number of fused-ring (bicyclic) bond motifs is 1. The number of alkyl halides is 1. The van der Waals surface area contributed by atoms with Crippen molar-refractivity contribution >= 4 is 34.8 Å². The van der Waals surface area contributed by atoms with Crippen LogP contribution < -0.4 is 10.6 Å². The van der Waals surface area contributed by atoms with Gasteiger partial charge in [0.15, 0.2) is 28.9 Å². The summed E-state index contributed by atoms with van der Waals surface area (Å²) in [6, 6.07) is 0. The monoisotopic (exact) mass is 492 g/mol. The average Bonchev–Trinajstić information content (AvgIpc) is 3.32. The molecule has 192 valence electrons.